The van der Waals surface area contributed by atoms with Crippen molar-refractivity contribution >= 4 is 11.3 Å². The van der Waals surface area contributed by atoms with Crippen molar-refractivity contribution < 1.29 is 22.3 Å². The molecule has 0 fully saturated rings. The third kappa shape index (κ3) is 4.59. The highest BCUT2D eigenvalue weighted by atomic mass is 32.1. The van der Waals surface area contributed by atoms with E-state index in [1.807, 2.05) is 12.3 Å². The zero-order chi connectivity index (χ0) is 12.9. The van der Waals surface area contributed by atoms with Gasteiger partial charge in [-0.1, -0.05) is 13.3 Å². The maximum absolute atomic E-state index is 12.5. The summed E-state index contributed by atoms with van der Waals surface area (Å²) in [5.41, 5.74) is 0.872. The molecule has 1 aromatic rings. The summed E-state index contributed by atoms with van der Waals surface area (Å²) in [6, 6.07) is 0. The minimum Gasteiger partial charge on any atom is -0.368 e. The largest absolute Gasteiger partial charge is 0.368 e. The lowest BCUT2D eigenvalue weighted by atomic mass is 10.3. The van der Waals surface area contributed by atoms with Crippen LogP contribution in [0.4, 0.5) is 17.6 Å². The molecule has 1 heterocycles. The molecule has 1 aromatic heterocycles. The van der Waals surface area contributed by atoms with E-state index in [0.29, 0.717) is 5.01 Å². The third-order valence-corrected chi connectivity index (χ3v) is 2.82. The molecule has 0 aliphatic rings. The van der Waals surface area contributed by atoms with Crippen LogP contribution in [0.3, 0.4) is 0 Å². The fourth-order valence-electron chi connectivity index (χ4n) is 1.12. The lowest BCUT2D eigenvalue weighted by Gasteiger charge is -2.14. The highest BCUT2D eigenvalue weighted by Crippen LogP contribution is 2.23. The fraction of sp³-hybridized carbons (Fsp3) is 0.700. The molecule has 0 amide bonds. The van der Waals surface area contributed by atoms with Crippen LogP contribution in [-0.2, 0) is 17.8 Å². The van der Waals surface area contributed by atoms with E-state index in [1.165, 1.54) is 11.3 Å². The normalized spacial score (nSPS) is 12.4. The average molecular weight is 271 g/mol. The van der Waals surface area contributed by atoms with Gasteiger partial charge in [-0.25, -0.2) is 13.8 Å². The lowest BCUT2D eigenvalue weighted by Crippen LogP contribution is -2.32. The molecular formula is C10H13F4NOS. The van der Waals surface area contributed by atoms with Crippen molar-refractivity contribution in [1.82, 2.24) is 4.98 Å². The van der Waals surface area contributed by atoms with Crippen LogP contribution in [0.1, 0.15) is 24.0 Å². The summed E-state index contributed by atoms with van der Waals surface area (Å²) >= 11 is 1.28. The Hall–Kier alpha value is -0.690. The molecule has 17 heavy (non-hydrogen) atoms. The standard InChI is InChI=1S/C10H13F4NOS/c1-2-3-7-5-17-8(15-7)4-16-6-10(13,14)9(11)12/h5,9H,2-4,6H2,1H3. The van der Waals surface area contributed by atoms with Gasteiger partial charge < -0.3 is 4.74 Å². The minimum absolute atomic E-state index is 0.156. The van der Waals surface area contributed by atoms with E-state index < -0.39 is 19.0 Å². The quantitative estimate of drug-likeness (QED) is 0.708. The van der Waals surface area contributed by atoms with Crippen molar-refractivity contribution in [3.8, 4) is 0 Å². The van der Waals surface area contributed by atoms with Crippen molar-refractivity contribution in [1.29, 1.82) is 0 Å². The molecule has 0 saturated carbocycles. The highest BCUT2D eigenvalue weighted by Gasteiger charge is 2.40. The second-order valence-corrected chi connectivity index (χ2v) is 4.48. The molecule has 0 N–H and O–H groups in total. The number of hydrogen-bond donors (Lipinski definition) is 0. The molecule has 0 radical (unpaired) electrons. The maximum atomic E-state index is 12.5. The zero-order valence-electron chi connectivity index (χ0n) is 9.26. The van der Waals surface area contributed by atoms with Crippen molar-refractivity contribution in [3.05, 3.63) is 16.1 Å². The number of alkyl halides is 4. The first-order chi connectivity index (χ1) is 7.95. The van der Waals surface area contributed by atoms with Gasteiger partial charge in [0.25, 0.3) is 0 Å². The first-order valence-corrected chi connectivity index (χ1v) is 6.00. The molecule has 0 unspecified atom stereocenters. The summed E-state index contributed by atoms with van der Waals surface area (Å²) < 4.78 is 53.1. The van der Waals surface area contributed by atoms with E-state index in [4.69, 9.17) is 0 Å². The molecule has 1 rings (SSSR count). The Morgan fingerprint density at radius 3 is 2.76 bits per heavy atom. The molecule has 7 heteroatoms. The second kappa shape index (κ2) is 6.30. The first-order valence-electron chi connectivity index (χ1n) is 5.12. The number of rotatable bonds is 7. The van der Waals surface area contributed by atoms with Gasteiger partial charge in [-0.05, 0) is 6.42 Å². The lowest BCUT2D eigenvalue weighted by molar-refractivity contribution is -0.168. The predicted octanol–water partition coefficient (Wildman–Crippen LogP) is 3.51. The van der Waals surface area contributed by atoms with Crippen molar-refractivity contribution in [2.45, 2.75) is 38.7 Å². The van der Waals surface area contributed by atoms with Gasteiger partial charge in [0.1, 0.15) is 11.6 Å². The van der Waals surface area contributed by atoms with Gasteiger partial charge in [-0.3, -0.25) is 0 Å². The van der Waals surface area contributed by atoms with E-state index in [-0.39, 0.29) is 6.61 Å². The molecule has 0 bridgehead atoms. The summed E-state index contributed by atoms with van der Waals surface area (Å²) in [6.45, 7) is 0.558. The van der Waals surface area contributed by atoms with Crippen LogP contribution in [-0.4, -0.2) is 23.9 Å². The minimum atomic E-state index is -4.09. The van der Waals surface area contributed by atoms with Gasteiger partial charge in [-0.15, -0.1) is 11.3 Å². The van der Waals surface area contributed by atoms with Gasteiger partial charge >= 0.3 is 12.3 Å². The van der Waals surface area contributed by atoms with Gasteiger partial charge in [0.15, 0.2) is 0 Å². The molecule has 0 saturated heterocycles. The summed E-state index contributed by atoms with van der Waals surface area (Å²) in [5.74, 6) is -4.09. The number of nitrogens with zero attached hydrogens (tertiary/aromatic N) is 1. The molecule has 0 aliphatic heterocycles. The second-order valence-electron chi connectivity index (χ2n) is 3.54. The molecule has 98 valence electrons. The fourth-order valence-corrected chi connectivity index (χ4v) is 1.89. The number of thiazole rings is 1. The smallest absolute Gasteiger partial charge is 0.330 e. The Morgan fingerprint density at radius 2 is 2.18 bits per heavy atom. The number of aryl methyl sites for hydroxylation is 1. The Balaban J connectivity index is 2.35. The molecule has 2 nitrogen and oxygen atoms in total. The molecule has 0 spiro atoms. The summed E-state index contributed by atoms with van der Waals surface area (Å²) in [6.07, 6.45) is -1.95. The zero-order valence-corrected chi connectivity index (χ0v) is 10.1. The highest BCUT2D eigenvalue weighted by molar-refractivity contribution is 7.09. The Kier molecular flexibility index (Phi) is 5.32. The van der Waals surface area contributed by atoms with Gasteiger partial charge in [-0.2, -0.15) is 8.78 Å². The van der Waals surface area contributed by atoms with Gasteiger partial charge in [0, 0.05) is 5.38 Å². The van der Waals surface area contributed by atoms with Crippen LogP contribution in [0.5, 0.6) is 0 Å². The number of hydrogen-bond acceptors (Lipinski definition) is 3. The Bertz CT molecular complexity index is 343. The SMILES string of the molecule is CCCc1csc(COCC(F)(F)C(F)F)n1. The maximum Gasteiger partial charge on any atom is 0.330 e. The Morgan fingerprint density at radius 1 is 1.47 bits per heavy atom. The summed E-state index contributed by atoms with van der Waals surface area (Å²) in [4.78, 5) is 4.13. The van der Waals surface area contributed by atoms with Gasteiger partial charge in [0.05, 0.1) is 12.3 Å². The predicted molar refractivity (Wildman–Crippen MR) is 56.7 cm³/mol. The van der Waals surface area contributed by atoms with Crippen LogP contribution in [0, 0.1) is 0 Å². The van der Waals surface area contributed by atoms with E-state index in [9.17, 15) is 17.6 Å². The molecule has 0 atom stereocenters. The molecule has 0 aromatic carbocycles. The third-order valence-electron chi connectivity index (χ3n) is 1.94. The number of halogens is 4. The van der Waals surface area contributed by atoms with Crippen molar-refractivity contribution in [2.24, 2.45) is 0 Å². The van der Waals surface area contributed by atoms with Crippen LogP contribution in [0.2, 0.25) is 0 Å². The van der Waals surface area contributed by atoms with Crippen molar-refractivity contribution in [3.63, 3.8) is 0 Å². The van der Waals surface area contributed by atoms with E-state index in [1.54, 1.807) is 0 Å². The van der Waals surface area contributed by atoms with E-state index in [0.717, 1.165) is 18.5 Å². The number of ether oxygens (including phenoxy) is 1. The van der Waals surface area contributed by atoms with Crippen LogP contribution < -0.4 is 0 Å². The van der Waals surface area contributed by atoms with E-state index in [2.05, 4.69) is 9.72 Å². The number of aromatic nitrogens is 1. The van der Waals surface area contributed by atoms with Crippen LogP contribution in [0.15, 0.2) is 5.38 Å². The summed E-state index contributed by atoms with van der Waals surface area (Å²) in [7, 11) is 0. The van der Waals surface area contributed by atoms with E-state index >= 15 is 0 Å². The topological polar surface area (TPSA) is 22.1 Å². The van der Waals surface area contributed by atoms with Crippen LogP contribution >= 0.6 is 11.3 Å². The monoisotopic (exact) mass is 271 g/mol. The first kappa shape index (κ1) is 14.4. The summed E-state index contributed by atoms with van der Waals surface area (Å²) in [5, 5.41) is 2.34. The molecule has 0 aliphatic carbocycles. The molecular weight excluding hydrogens is 258 g/mol. The van der Waals surface area contributed by atoms with Crippen molar-refractivity contribution in [2.75, 3.05) is 6.61 Å². The average Bonchev–Trinajstić information content (AvgIpc) is 2.66. The Labute approximate surface area is 101 Å². The van der Waals surface area contributed by atoms with Crippen LogP contribution in [0.25, 0.3) is 0 Å². The van der Waals surface area contributed by atoms with Gasteiger partial charge in [0.2, 0.25) is 0 Å².